The van der Waals surface area contributed by atoms with Gasteiger partial charge in [0.05, 0.1) is 0 Å². The molecule has 3 N–H and O–H groups in total. The Morgan fingerprint density at radius 2 is 2.00 bits per heavy atom. The summed E-state index contributed by atoms with van der Waals surface area (Å²) in [5.74, 6) is -0.149. The summed E-state index contributed by atoms with van der Waals surface area (Å²) in [6, 6.07) is 5.35. The standard InChI is InChI=1S/C17H24ClN3O2/c1-11(22)20-14-7-8-15(18)13(9-14)10-21(12(2)23)17-6-4-3-5-16(17)19/h7-9,16-17H,3-6,10,19H2,1-2H3,(H,20,22). The number of nitrogens with one attached hydrogen (secondary N) is 1. The third kappa shape index (κ3) is 4.69. The van der Waals surface area contributed by atoms with Gasteiger partial charge in [0.2, 0.25) is 11.8 Å². The molecule has 0 aromatic heterocycles. The quantitative estimate of drug-likeness (QED) is 0.887. The molecular weight excluding hydrogens is 314 g/mol. The van der Waals surface area contributed by atoms with Crippen LogP contribution in [0.3, 0.4) is 0 Å². The fourth-order valence-electron chi connectivity index (χ4n) is 3.15. The van der Waals surface area contributed by atoms with Gasteiger partial charge in [-0.3, -0.25) is 9.59 Å². The highest BCUT2D eigenvalue weighted by Gasteiger charge is 2.29. The monoisotopic (exact) mass is 337 g/mol. The molecule has 23 heavy (non-hydrogen) atoms. The lowest BCUT2D eigenvalue weighted by molar-refractivity contribution is -0.133. The van der Waals surface area contributed by atoms with Gasteiger partial charge in [0.1, 0.15) is 0 Å². The number of halogens is 1. The molecule has 1 aromatic carbocycles. The van der Waals surface area contributed by atoms with E-state index in [1.807, 2.05) is 11.0 Å². The van der Waals surface area contributed by atoms with E-state index in [2.05, 4.69) is 5.32 Å². The molecule has 6 heteroatoms. The molecule has 1 aromatic rings. The molecule has 2 atom stereocenters. The van der Waals surface area contributed by atoms with Gasteiger partial charge in [0.25, 0.3) is 0 Å². The molecule has 2 unspecified atom stereocenters. The highest BCUT2D eigenvalue weighted by atomic mass is 35.5. The van der Waals surface area contributed by atoms with Crippen molar-refractivity contribution in [1.82, 2.24) is 4.90 Å². The molecule has 126 valence electrons. The fourth-order valence-corrected chi connectivity index (χ4v) is 3.33. The van der Waals surface area contributed by atoms with Crippen LogP contribution in [0.15, 0.2) is 18.2 Å². The number of anilines is 1. The minimum atomic E-state index is -0.143. The topological polar surface area (TPSA) is 75.4 Å². The van der Waals surface area contributed by atoms with Gasteiger partial charge in [0, 0.05) is 43.2 Å². The zero-order valence-corrected chi connectivity index (χ0v) is 14.4. The second-order valence-corrected chi connectivity index (χ2v) is 6.56. The molecule has 0 saturated heterocycles. The Kier molecular flexibility index (Phi) is 6.02. The molecule has 0 aliphatic heterocycles. The molecule has 2 amide bonds. The summed E-state index contributed by atoms with van der Waals surface area (Å²) in [5, 5.41) is 3.32. The maximum atomic E-state index is 12.1. The summed E-state index contributed by atoms with van der Waals surface area (Å²) in [6.45, 7) is 3.42. The van der Waals surface area contributed by atoms with E-state index in [0.29, 0.717) is 17.3 Å². The minimum Gasteiger partial charge on any atom is -0.334 e. The molecule has 1 aliphatic carbocycles. The van der Waals surface area contributed by atoms with Crippen LogP contribution < -0.4 is 11.1 Å². The van der Waals surface area contributed by atoms with Crippen molar-refractivity contribution >= 4 is 29.1 Å². The van der Waals surface area contributed by atoms with E-state index in [9.17, 15) is 9.59 Å². The van der Waals surface area contributed by atoms with Crippen LogP contribution in [0.1, 0.15) is 45.1 Å². The number of amides is 2. The van der Waals surface area contributed by atoms with E-state index in [4.69, 9.17) is 17.3 Å². The first-order valence-corrected chi connectivity index (χ1v) is 8.35. The number of hydrogen-bond donors (Lipinski definition) is 2. The maximum absolute atomic E-state index is 12.1. The van der Waals surface area contributed by atoms with Gasteiger partial charge in [0.15, 0.2) is 0 Å². The summed E-state index contributed by atoms with van der Waals surface area (Å²) in [6.07, 6.45) is 4.06. The fraction of sp³-hybridized carbons (Fsp3) is 0.529. The molecule has 0 bridgehead atoms. The third-order valence-corrected chi connectivity index (χ3v) is 4.66. The molecule has 0 heterocycles. The van der Waals surface area contributed by atoms with E-state index in [0.717, 1.165) is 31.2 Å². The summed E-state index contributed by atoms with van der Waals surface area (Å²) in [7, 11) is 0. The van der Waals surface area contributed by atoms with Gasteiger partial charge in [-0.2, -0.15) is 0 Å². The van der Waals surface area contributed by atoms with Gasteiger partial charge in [-0.05, 0) is 36.6 Å². The number of carbonyl (C=O) groups excluding carboxylic acids is 2. The van der Waals surface area contributed by atoms with Crippen molar-refractivity contribution in [3.63, 3.8) is 0 Å². The highest BCUT2D eigenvalue weighted by Crippen LogP contribution is 2.27. The molecular formula is C17H24ClN3O2. The number of nitrogens with two attached hydrogens (primary N) is 1. The average molecular weight is 338 g/mol. The van der Waals surface area contributed by atoms with Gasteiger partial charge in [-0.15, -0.1) is 0 Å². The number of hydrogen-bond acceptors (Lipinski definition) is 3. The molecule has 0 radical (unpaired) electrons. The Balaban J connectivity index is 2.22. The normalized spacial score (nSPS) is 20.9. The van der Waals surface area contributed by atoms with E-state index in [1.165, 1.54) is 6.92 Å². The van der Waals surface area contributed by atoms with Crippen LogP contribution in [0, 0.1) is 0 Å². The van der Waals surface area contributed by atoms with Crippen LogP contribution in [0.25, 0.3) is 0 Å². The first kappa shape index (κ1) is 17.8. The van der Waals surface area contributed by atoms with E-state index < -0.39 is 0 Å². The SMILES string of the molecule is CC(=O)Nc1ccc(Cl)c(CN(C(C)=O)C2CCCCC2N)c1. The van der Waals surface area contributed by atoms with Gasteiger partial charge < -0.3 is 16.0 Å². The van der Waals surface area contributed by atoms with Crippen LogP contribution in [0.2, 0.25) is 5.02 Å². The molecule has 1 saturated carbocycles. The molecule has 5 nitrogen and oxygen atoms in total. The Hall–Kier alpha value is -1.59. The number of carbonyl (C=O) groups is 2. The van der Waals surface area contributed by atoms with Crippen molar-refractivity contribution in [3.8, 4) is 0 Å². The molecule has 0 spiro atoms. The summed E-state index contributed by atoms with van der Waals surface area (Å²) in [5.41, 5.74) is 7.71. The van der Waals surface area contributed by atoms with Crippen LogP contribution in [0.5, 0.6) is 0 Å². The Morgan fingerprint density at radius 1 is 1.30 bits per heavy atom. The number of benzene rings is 1. The second kappa shape index (κ2) is 7.79. The maximum Gasteiger partial charge on any atom is 0.221 e. The van der Waals surface area contributed by atoms with Gasteiger partial charge in [-0.1, -0.05) is 24.4 Å². The van der Waals surface area contributed by atoms with Gasteiger partial charge >= 0.3 is 0 Å². The van der Waals surface area contributed by atoms with Crippen LogP contribution in [0.4, 0.5) is 5.69 Å². The Labute approximate surface area is 142 Å². The van der Waals surface area contributed by atoms with Crippen LogP contribution >= 0.6 is 11.6 Å². The second-order valence-electron chi connectivity index (χ2n) is 6.15. The smallest absolute Gasteiger partial charge is 0.221 e. The lowest BCUT2D eigenvalue weighted by atomic mass is 9.89. The van der Waals surface area contributed by atoms with Crippen molar-refractivity contribution in [3.05, 3.63) is 28.8 Å². The first-order chi connectivity index (χ1) is 10.9. The van der Waals surface area contributed by atoms with Crippen LogP contribution in [-0.4, -0.2) is 28.8 Å². The van der Waals surface area contributed by atoms with Crippen molar-refractivity contribution in [2.24, 2.45) is 5.73 Å². The highest BCUT2D eigenvalue weighted by molar-refractivity contribution is 6.31. The van der Waals surface area contributed by atoms with Crippen molar-refractivity contribution in [2.75, 3.05) is 5.32 Å². The average Bonchev–Trinajstić information content (AvgIpc) is 2.48. The third-order valence-electron chi connectivity index (χ3n) is 4.29. The summed E-state index contributed by atoms with van der Waals surface area (Å²) in [4.78, 5) is 25.1. The Morgan fingerprint density at radius 3 is 2.61 bits per heavy atom. The molecule has 1 aliphatic rings. The van der Waals surface area contributed by atoms with E-state index in [-0.39, 0.29) is 23.9 Å². The largest absolute Gasteiger partial charge is 0.334 e. The van der Waals surface area contributed by atoms with Crippen LogP contribution in [-0.2, 0) is 16.1 Å². The zero-order chi connectivity index (χ0) is 17.0. The Bertz CT molecular complexity index is 591. The van der Waals surface area contributed by atoms with E-state index in [1.54, 1.807) is 19.1 Å². The number of nitrogens with zero attached hydrogens (tertiary/aromatic N) is 1. The summed E-state index contributed by atoms with van der Waals surface area (Å²) < 4.78 is 0. The lowest BCUT2D eigenvalue weighted by Gasteiger charge is -2.38. The van der Waals surface area contributed by atoms with Crippen molar-refractivity contribution in [1.29, 1.82) is 0 Å². The number of rotatable bonds is 4. The summed E-state index contributed by atoms with van der Waals surface area (Å²) >= 11 is 6.27. The predicted molar refractivity (Wildman–Crippen MR) is 92.2 cm³/mol. The predicted octanol–water partition coefficient (Wildman–Crippen LogP) is 2.92. The van der Waals surface area contributed by atoms with Crippen molar-refractivity contribution in [2.45, 2.75) is 58.2 Å². The minimum absolute atomic E-state index is 0.00459. The lowest BCUT2D eigenvalue weighted by Crippen LogP contribution is -2.51. The molecule has 2 rings (SSSR count). The van der Waals surface area contributed by atoms with Crippen molar-refractivity contribution < 1.29 is 9.59 Å². The van der Waals surface area contributed by atoms with Gasteiger partial charge in [-0.25, -0.2) is 0 Å². The van der Waals surface area contributed by atoms with E-state index >= 15 is 0 Å². The zero-order valence-electron chi connectivity index (χ0n) is 13.6. The first-order valence-electron chi connectivity index (χ1n) is 7.97. The molecule has 1 fully saturated rings.